The zero-order chi connectivity index (χ0) is 19.8. The van der Waals surface area contributed by atoms with Gasteiger partial charge in [0.2, 0.25) is 0 Å². The van der Waals surface area contributed by atoms with Gasteiger partial charge in [-0.25, -0.2) is 9.78 Å². The van der Waals surface area contributed by atoms with Crippen molar-refractivity contribution in [2.24, 2.45) is 0 Å². The molecule has 0 spiro atoms. The quantitative estimate of drug-likeness (QED) is 0.671. The highest BCUT2D eigenvalue weighted by Crippen LogP contribution is 2.35. The molecule has 1 aliphatic rings. The molecule has 1 saturated carbocycles. The third-order valence-corrected chi connectivity index (χ3v) is 6.37. The Morgan fingerprint density at radius 3 is 2.64 bits per heavy atom. The second kappa shape index (κ2) is 7.35. The molecule has 1 aliphatic carbocycles. The molecule has 0 aromatic carbocycles. The lowest BCUT2D eigenvalue weighted by atomic mass is 9.96. The van der Waals surface area contributed by atoms with Crippen molar-refractivity contribution in [1.82, 2.24) is 14.8 Å². The molecule has 1 amide bonds. The lowest BCUT2D eigenvalue weighted by molar-refractivity contribution is 0.0689. The molecule has 3 aromatic heterocycles. The smallest absolute Gasteiger partial charge is 0.354 e. The topological polar surface area (TPSA) is 97.1 Å². The van der Waals surface area contributed by atoms with Gasteiger partial charge in [-0.05, 0) is 44.4 Å². The minimum atomic E-state index is -1.08. The molecule has 0 radical (unpaired) electrons. The molecule has 4 rings (SSSR count). The SMILES string of the molecule is Cc1cc(NC(=O)c2cc3c(C)nn(C4CCCCC4)c3s2)cnc1C(=O)O. The van der Waals surface area contributed by atoms with Crippen molar-refractivity contribution in [1.29, 1.82) is 0 Å². The van der Waals surface area contributed by atoms with Crippen LogP contribution in [0.25, 0.3) is 10.2 Å². The monoisotopic (exact) mass is 398 g/mol. The molecular weight excluding hydrogens is 376 g/mol. The fourth-order valence-corrected chi connectivity index (χ4v) is 4.95. The Labute approximate surface area is 166 Å². The lowest BCUT2D eigenvalue weighted by Gasteiger charge is -2.22. The number of amides is 1. The van der Waals surface area contributed by atoms with E-state index >= 15 is 0 Å². The summed E-state index contributed by atoms with van der Waals surface area (Å²) < 4.78 is 2.11. The zero-order valence-electron chi connectivity index (χ0n) is 15.9. The van der Waals surface area contributed by atoms with Crippen LogP contribution in [0.2, 0.25) is 0 Å². The Morgan fingerprint density at radius 2 is 1.96 bits per heavy atom. The normalized spacial score (nSPS) is 15.1. The fraction of sp³-hybridized carbons (Fsp3) is 0.400. The summed E-state index contributed by atoms with van der Waals surface area (Å²) in [7, 11) is 0. The fourth-order valence-electron chi connectivity index (χ4n) is 3.82. The summed E-state index contributed by atoms with van der Waals surface area (Å²) in [4.78, 5) is 29.4. The summed E-state index contributed by atoms with van der Waals surface area (Å²) in [5, 5.41) is 17.6. The average Bonchev–Trinajstić information content (AvgIpc) is 3.23. The number of carboxylic acids is 1. The number of rotatable bonds is 4. The van der Waals surface area contributed by atoms with E-state index in [4.69, 9.17) is 10.2 Å². The van der Waals surface area contributed by atoms with Crippen molar-refractivity contribution in [3.63, 3.8) is 0 Å². The summed E-state index contributed by atoms with van der Waals surface area (Å²) in [6, 6.07) is 3.93. The van der Waals surface area contributed by atoms with Crippen molar-refractivity contribution in [3.8, 4) is 0 Å². The highest BCUT2D eigenvalue weighted by molar-refractivity contribution is 7.20. The molecule has 0 bridgehead atoms. The lowest BCUT2D eigenvalue weighted by Crippen LogP contribution is -2.14. The Bertz CT molecular complexity index is 1060. The first-order chi connectivity index (χ1) is 13.4. The summed E-state index contributed by atoms with van der Waals surface area (Å²) >= 11 is 1.45. The molecule has 146 valence electrons. The van der Waals surface area contributed by atoms with E-state index in [1.807, 2.05) is 13.0 Å². The van der Waals surface area contributed by atoms with Crippen LogP contribution >= 0.6 is 11.3 Å². The predicted molar refractivity (Wildman–Crippen MR) is 108 cm³/mol. The number of aromatic nitrogens is 3. The minimum Gasteiger partial charge on any atom is -0.477 e. The highest BCUT2D eigenvalue weighted by Gasteiger charge is 2.22. The van der Waals surface area contributed by atoms with Crippen LogP contribution in [0.1, 0.15) is 69.6 Å². The molecular formula is C20H22N4O3S. The maximum Gasteiger partial charge on any atom is 0.354 e. The molecule has 2 N–H and O–H groups in total. The number of aryl methyl sites for hydroxylation is 2. The number of fused-ring (bicyclic) bond motifs is 1. The number of hydrogen-bond acceptors (Lipinski definition) is 5. The second-order valence-electron chi connectivity index (χ2n) is 7.30. The van der Waals surface area contributed by atoms with Gasteiger partial charge in [0.1, 0.15) is 4.83 Å². The van der Waals surface area contributed by atoms with E-state index in [-0.39, 0.29) is 11.6 Å². The maximum absolute atomic E-state index is 12.7. The van der Waals surface area contributed by atoms with Gasteiger partial charge >= 0.3 is 5.97 Å². The first-order valence-electron chi connectivity index (χ1n) is 9.44. The molecule has 0 aliphatic heterocycles. The van der Waals surface area contributed by atoms with E-state index in [0.29, 0.717) is 22.2 Å². The van der Waals surface area contributed by atoms with Crippen LogP contribution < -0.4 is 5.32 Å². The van der Waals surface area contributed by atoms with Gasteiger partial charge < -0.3 is 10.4 Å². The molecule has 0 unspecified atom stereocenters. The number of nitrogens with one attached hydrogen (secondary N) is 1. The molecule has 3 aromatic rings. The number of carboxylic acid groups (broad SMARTS) is 1. The Hall–Kier alpha value is -2.74. The summed E-state index contributed by atoms with van der Waals surface area (Å²) in [5.41, 5.74) is 1.92. The first-order valence-corrected chi connectivity index (χ1v) is 10.3. The average molecular weight is 398 g/mol. The predicted octanol–water partition coefficient (Wildman–Crippen LogP) is 4.57. The van der Waals surface area contributed by atoms with E-state index in [0.717, 1.165) is 28.8 Å². The highest BCUT2D eigenvalue weighted by atomic mass is 32.1. The number of carbonyl (C=O) groups excluding carboxylic acids is 1. The molecule has 0 atom stereocenters. The van der Waals surface area contributed by atoms with Gasteiger partial charge in [0.25, 0.3) is 5.91 Å². The number of aromatic carboxylic acids is 1. The summed E-state index contributed by atoms with van der Waals surface area (Å²) in [6.07, 6.45) is 7.38. The van der Waals surface area contributed by atoms with E-state index in [1.54, 1.807) is 13.0 Å². The molecule has 28 heavy (non-hydrogen) atoms. The van der Waals surface area contributed by atoms with Crippen LogP contribution in [0.15, 0.2) is 18.3 Å². The first kappa shape index (κ1) is 18.6. The molecule has 7 nitrogen and oxygen atoms in total. The van der Waals surface area contributed by atoms with Crippen LogP contribution in [-0.4, -0.2) is 31.7 Å². The molecule has 8 heteroatoms. The van der Waals surface area contributed by atoms with Gasteiger partial charge in [-0.1, -0.05) is 19.3 Å². The van der Waals surface area contributed by atoms with E-state index < -0.39 is 5.97 Å². The summed E-state index contributed by atoms with van der Waals surface area (Å²) in [5.74, 6) is -1.30. The van der Waals surface area contributed by atoms with Crippen LogP contribution in [0.3, 0.4) is 0 Å². The van der Waals surface area contributed by atoms with Crippen molar-refractivity contribution >= 4 is 39.1 Å². The van der Waals surface area contributed by atoms with Gasteiger partial charge in [-0.3, -0.25) is 9.48 Å². The molecule has 0 saturated heterocycles. The van der Waals surface area contributed by atoms with Crippen LogP contribution in [0, 0.1) is 13.8 Å². The number of carbonyl (C=O) groups is 2. The van der Waals surface area contributed by atoms with Gasteiger partial charge in [0.05, 0.1) is 28.5 Å². The van der Waals surface area contributed by atoms with E-state index in [2.05, 4.69) is 15.0 Å². The molecule has 3 heterocycles. The number of hydrogen-bond donors (Lipinski definition) is 2. The number of pyridine rings is 1. The third-order valence-electron chi connectivity index (χ3n) is 5.25. The van der Waals surface area contributed by atoms with Gasteiger partial charge in [-0.2, -0.15) is 5.10 Å². The van der Waals surface area contributed by atoms with Gasteiger partial charge in [0.15, 0.2) is 5.69 Å². The van der Waals surface area contributed by atoms with Gasteiger partial charge in [0, 0.05) is 5.39 Å². The number of anilines is 1. The Morgan fingerprint density at radius 1 is 1.21 bits per heavy atom. The van der Waals surface area contributed by atoms with Crippen molar-refractivity contribution < 1.29 is 14.7 Å². The third kappa shape index (κ3) is 3.40. The van der Waals surface area contributed by atoms with Crippen molar-refractivity contribution in [2.45, 2.75) is 52.0 Å². The maximum atomic E-state index is 12.7. The zero-order valence-corrected chi connectivity index (χ0v) is 16.7. The Kier molecular flexibility index (Phi) is 4.89. The van der Waals surface area contributed by atoms with E-state index in [9.17, 15) is 9.59 Å². The standard InChI is InChI=1S/C20H22N4O3S/c1-11-8-13(10-21-17(11)20(26)27)22-18(25)16-9-15-12(2)23-24(19(15)28-16)14-6-4-3-5-7-14/h8-10,14H,3-7H2,1-2H3,(H,22,25)(H,26,27). The second-order valence-corrected chi connectivity index (χ2v) is 8.33. The van der Waals surface area contributed by atoms with Crippen LogP contribution in [-0.2, 0) is 0 Å². The van der Waals surface area contributed by atoms with Crippen LogP contribution in [0.5, 0.6) is 0 Å². The Balaban J connectivity index is 1.59. The van der Waals surface area contributed by atoms with Gasteiger partial charge in [-0.15, -0.1) is 11.3 Å². The van der Waals surface area contributed by atoms with E-state index in [1.165, 1.54) is 36.8 Å². The minimum absolute atomic E-state index is 0.0111. The number of thiophene rings is 1. The molecule has 1 fully saturated rings. The van der Waals surface area contributed by atoms with Crippen molar-refractivity contribution in [3.05, 3.63) is 40.2 Å². The summed E-state index contributed by atoms with van der Waals surface area (Å²) in [6.45, 7) is 3.64. The number of nitrogens with zero attached hydrogens (tertiary/aromatic N) is 3. The largest absolute Gasteiger partial charge is 0.477 e. The van der Waals surface area contributed by atoms with Crippen LogP contribution in [0.4, 0.5) is 5.69 Å². The van der Waals surface area contributed by atoms with Crippen molar-refractivity contribution in [2.75, 3.05) is 5.32 Å².